The molecule has 0 unspecified atom stereocenters. The topological polar surface area (TPSA) is 62.3 Å². The number of ether oxygens (including phenoxy) is 1. The number of hydrogen-bond donors (Lipinski definition) is 2. The number of Topliss-reactive ketones (excluding diaryl/α,β-unsaturated/α-hetero) is 1. The minimum Gasteiger partial charge on any atom is -0.494 e. The zero-order valence-electron chi connectivity index (χ0n) is 14.5. The van der Waals surface area contributed by atoms with Crippen LogP contribution in [-0.4, -0.2) is 22.5 Å². The zero-order chi connectivity index (χ0) is 18.3. The van der Waals surface area contributed by atoms with E-state index in [1.165, 1.54) is 26.2 Å². The van der Waals surface area contributed by atoms with Crippen LogP contribution in [0.4, 0.5) is 0 Å². The first kappa shape index (κ1) is 17.0. The third-order valence-corrected chi connectivity index (χ3v) is 5.41. The van der Waals surface area contributed by atoms with E-state index < -0.39 is 0 Å². The van der Waals surface area contributed by atoms with Crippen LogP contribution in [0.25, 0.3) is 22.0 Å². The molecule has 26 heavy (non-hydrogen) atoms. The molecule has 0 saturated heterocycles. The Balaban J connectivity index is 1.65. The van der Waals surface area contributed by atoms with Crippen LogP contribution in [0.1, 0.15) is 36.5 Å². The van der Waals surface area contributed by atoms with E-state index in [9.17, 15) is 9.90 Å². The van der Waals surface area contributed by atoms with Crippen LogP contribution in [0, 0.1) is 5.92 Å². The highest BCUT2D eigenvalue weighted by Crippen LogP contribution is 2.37. The summed E-state index contributed by atoms with van der Waals surface area (Å²) in [5.74, 6) is 1.22. The van der Waals surface area contributed by atoms with Gasteiger partial charge in [0.05, 0.1) is 22.7 Å². The van der Waals surface area contributed by atoms with Crippen LogP contribution in [-0.2, 0) is 0 Å². The zero-order valence-corrected chi connectivity index (χ0v) is 15.3. The predicted molar refractivity (Wildman–Crippen MR) is 103 cm³/mol. The molecule has 2 N–H and O–H groups in total. The van der Waals surface area contributed by atoms with Gasteiger partial charge < -0.3 is 14.8 Å². The number of nitrogens with one attached hydrogen (secondary N) is 1. The maximum absolute atomic E-state index is 11.8. The van der Waals surface area contributed by atoms with E-state index in [0.717, 1.165) is 23.5 Å². The molecular weight excluding hydrogens is 350 g/mol. The number of carbonyl (C=O) groups excluding carboxylic acids is 1. The molecule has 1 aliphatic rings. The molecule has 134 valence electrons. The minimum absolute atomic E-state index is 0.125. The molecule has 5 heteroatoms. The van der Waals surface area contributed by atoms with Crippen LogP contribution in [0.3, 0.4) is 0 Å². The molecule has 1 saturated carbocycles. The largest absolute Gasteiger partial charge is 0.494 e. The smallest absolute Gasteiger partial charge is 0.200 e. The van der Waals surface area contributed by atoms with E-state index in [1.54, 1.807) is 6.07 Å². The molecule has 1 heterocycles. The Morgan fingerprint density at radius 1 is 1.27 bits per heavy atom. The van der Waals surface area contributed by atoms with Gasteiger partial charge in [0.15, 0.2) is 5.78 Å². The van der Waals surface area contributed by atoms with E-state index in [1.807, 2.05) is 30.3 Å². The number of benzene rings is 2. The van der Waals surface area contributed by atoms with Crippen molar-refractivity contribution in [3.05, 3.63) is 47.0 Å². The van der Waals surface area contributed by atoms with Crippen molar-refractivity contribution in [3.8, 4) is 22.8 Å². The number of hydrogen-bond acceptors (Lipinski definition) is 3. The van der Waals surface area contributed by atoms with Gasteiger partial charge in [-0.05, 0) is 55.5 Å². The Labute approximate surface area is 156 Å². The molecule has 1 aromatic heterocycles. The first-order chi connectivity index (χ1) is 12.5. The third kappa shape index (κ3) is 3.06. The number of H-pyrrole nitrogens is 1. The van der Waals surface area contributed by atoms with Crippen molar-refractivity contribution >= 4 is 28.3 Å². The highest BCUT2D eigenvalue weighted by atomic mass is 35.5. The lowest BCUT2D eigenvalue weighted by molar-refractivity contribution is 0.101. The number of aromatic hydroxyl groups is 1. The van der Waals surface area contributed by atoms with Crippen LogP contribution >= 0.6 is 11.6 Å². The molecule has 4 nitrogen and oxygen atoms in total. The lowest BCUT2D eigenvalue weighted by atomic mass is 9.86. The Morgan fingerprint density at radius 3 is 2.62 bits per heavy atom. The normalized spacial score (nSPS) is 14.4. The number of halogens is 1. The molecule has 1 fully saturated rings. The second-order valence-corrected chi connectivity index (χ2v) is 7.32. The molecule has 0 spiro atoms. The summed E-state index contributed by atoms with van der Waals surface area (Å²) in [6.45, 7) is 2.21. The lowest BCUT2D eigenvalue weighted by Crippen LogP contribution is -2.19. The van der Waals surface area contributed by atoms with Gasteiger partial charge in [0.2, 0.25) is 5.88 Å². The minimum atomic E-state index is -0.193. The number of aromatic nitrogens is 1. The summed E-state index contributed by atoms with van der Waals surface area (Å²) in [6, 6.07) is 11.4. The molecule has 4 rings (SSSR count). The van der Waals surface area contributed by atoms with E-state index in [4.69, 9.17) is 16.3 Å². The fourth-order valence-corrected chi connectivity index (χ4v) is 3.66. The predicted octanol–water partition coefficient (Wildman–Crippen LogP) is 5.58. The van der Waals surface area contributed by atoms with E-state index in [2.05, 4.69) is 4.98 Å². The molecule has 0 radical (unpaired) electrons. The highest BCUT2D eigenvalue weighted by Gasteiger charge is 2.19. The van der Waals surface area contributed by atoms with Crippen LogP contribution < -0.4 is 4.74 Å². The van der Waals surface area contributed by atoms with Crippen molar-refractivity contribution in [2.75, 3.05) is 6.61 Å². The Morgan fingerprint density at radius 2 is 2.00 bits per heavy atom. The second-order valence-electron chi connectivity index (χ2n) is 6.91. The lowest BCUT2D eigenvalue weighted by Gasteiger charge is -2.25. The Hall–Kier alpha value is -2.46. The van der Waals surface area contributed by atoms with Gasteiger partial charge in [-0.15, -0.1) is 0 Å². The third-order valence-electron chi connectivity index (χ3n) is 5.09. The monoisotopic (exact) mass is 369 g/mol. The van der Waals surface area contributed by atoms with Crippen molar-refractivity contribution in [2.24, 2.45) is 5.92 Å². The summed E-state index contributed by atoms with van der Waals surface area (Å²) < 4.78 is 5.84. The van der Waals surface area contributed by atoms with Gasteiger partial charge in [-0.3, -0.25) is 4.79 Å². The number of fused-ring (bicyclic) bond motifs is 1. The number of rotatable bonds is 5. The first-order valence-electron chi connectivity index (χ1n) is 8.81. The fourth-order valence-electron chi connectivity index (χ4n) is 3.38. The Kier molecular flexibility index (Phi) is 4.37. The van der Waals surface area contributed by atoms with Crippen molar-refractivity contribution in [3.63, 3.8) is 0 Å². The molecule has 0 atom stereocenters. The molecule has 0 amide bonds. The summed E-state index contributed by atoms with van der Waals surface area (Å²) in [7, 11) is 0. The van der Waals surface area contributed by atoms with Crippen LogP contribution in [0.2, 0.25) is 5.02 Å². The van der Waals surface area contributed by atoms with Crippen LogP contribution in [0.15, 0.2) is 36.4 Å². The van der Waals surface area contributed by atoms with Crippen molar-refractivity contribution in [1.29, 1.82) is 0 Å². The molecule has 3 aromatic rings. The summed E-state index contributed by atoms with van der Waals surface area (Å²) in [6.07, 6.45) is 3.83. The van der Waals surface area contributed by atoms with Crippen molar-refractivity contribution < 1.29 is 14.6 Å². The quantitative estimate of drug-likeness (QED) is 0.577. The first-order valence-corrected chi connectivity index (χ1v) is 9.19. The average molecular weight is 370 g/mol. The van der Waals surface area contributed by atoms with Crippen molar-refractivity contribution in [2.45, 2.75) is 26.2 Å². The van der Waals surface area contributed by atoms with Gasteiger partial charge >= 0.3 is 0 Å². The molecule has 0 aliphatic heterocycles. The highest BCUT2D eigenvalue weighted by molar-refractivity contribution is 6.34. The molecule has 2 aromatic carbocycles. The summed E-state index contributed by atoms with van der Waals surface area (Å²) in [5, 5.41) is 11.2. The van der Waals surface area contributed by atoms with Gasteiger partial charge in [-0.1, -0.05) is 30.2 Å². The van der Waals surface area contributed by atoms with Gasteiger partial charge in [0, 0.05) is 10.9 Å². The summed E-state index contributed by atoms with van der Waals surface area (Å²) in [5.41, 5.74) is 2.68. The maximum atomic E-state index is 11.8. The van der Waals surface area contributed by atoms with E-state index in [0.29, 0.717) is 27.4 Å². The molecule has 1 aliphatic carbocycles. The number of carbonyl (C=O) groups is 1. The van der Waals surface area contributed by atoms with Gasteiger partial charge in [-0.2, -0.15) is 0 Å². The SMILES string of the molecule is CC(=O)c1c(O)[nH]c2cc(Cl)c(-c3ccc(OCC4CCC4)cc3)cc12. The van der Waals surface area contributed by atoms with Gasteiger partial charge in [0.1, 0.15) is 5.75 Å². The molecule has 0 bridgehead atoms. The standard InChI is InChI=1S/C21H20ClNO3/c1-12(24)20-17-9-16(18(22)10-19(17)23-21(20)25)14-5-7-15(8-6-14)26-11-13-3-2-4-13/h5-10,13,23,25H,2-4,11H2,1H3. The maximum Gasteiger partial charge on any atom is 0.200 e. The fraction of sp³-hybridized carbons (Fsp3) is 0.286. The number of aromatic amines is 1. The molecular formula is C21H20ClNO3. The average Bonchev–Trinajstić information content (AvgIpc) is 2.88. The van der Waals surface area contributed by atoms with Gasteiger partial charge in [-0.25, -0.2) is 0 Å². The summed E-state index contributed by atoms with van der Waals surface area (Å²) in [4.78, 5) is 14.7. The van der Waals surface area contributed by atoms with Crippen molar-refractivity contribution in [1.82, 2.24) is 4.98 Å². The van der Waals surface area contributed by atoms with E-state index in [-0.39, 0.29) is 11.7 Å². The van der Waals surface area contributed by atoms with E-state index >= 15 is 0 Å². The van der Waals surface area contributed by atoms with Crippen LogP contribution in [0.5, 0.6) is 11.6 Å². The Bertz CT molecular complexity index is 971. The van der Waals surface area contributed by atoms with Gasteiger partial charge in [0.25, 0.3) is 0 Å². The summed E-state index contributed by atoms with van der Waals surface area (Å²) >= 11 is 6.43. The number of ketones is 1. The second kappa shape index (κ2) is 6.69.